The summed E-state index contributed by atoms with van der Waals surface area (Å²) >= 11 is 0. The molecule has 0 saturated heterocycles. The van der Waals surface area contributed by atoms with Crippen molar-refractivity contribution in [3.8, 4) is 0 Å². The van der Waals surface area contributed by atoms with E-state index < -0.39 is 18.2 Å². The van der Waals surface area contributed by atoms with Crippen LogP contribution in [0.15, 0.2) is 35.2 Å². The van der Waals surface area contributed by atoms with E-state index in [0.717, 1.165) is 24.8 Å². The maximum absolute atomic E-state index is 13.6. The molecule has 0 radical (unpaired) electrons. The average Bonchev–Trinajstić information content (AvgIpc) is 2.67. The standard InChI is InChI=1S/C18H31F2N9/c1-4-12(5-2)8-28(24)10-16(21)13-6-14(17(22)26-7-13)18(27-23)29(25)9-15(20)11(3)19/h6-7,10,12H,4-5,8-9,21,23-25H2,1-3H3,(H2,22,26)/b15-11-,16-10-,27-18-. The van der Waals surface area contributed by atoms with Crippen LogP contribution >= 0.6 is 0 Å². The SMILES string of the molecule is CCC(CC)CN(N)/C=C(\N)c1cnc(N)c(/C(=N/N)N(N)C/C(F)=C(\C)F)c1. The highest BCUT2D eigenvalue weighted by Gasteiger charge is 2.18. The van der Waals surface area contributed by atoms with Crippen LogP contribution in [0.5, 0.6) is 0 Å². The Morgan fingerprint density at radius 3 is 2.41 bits per heavy atom. The lowest BCUT2D eigenvalue weighted by molar-refractivity contribution is 0.304. The van der Waals surface area contributed by atoms with Gasteiger partial charge in [0, 0.05) is 24.5 Å². The van der Waals surface area contributed by atoms with Gasteiger partial charge in [-0.05, 0) is 18.9 Å². The van der Waals surface area contributed by atoms with Crippen molar-refractivity contribution < 1.29 is 8.78 Å². The van der Waals surface area contributed by atoms with Gasteiger partial charge in [0.15, 0.2) is 11.7 Å². The number of pyridine rings is 1. The lowest BCUT2D eigenvalue weighted by atomic mass is 10.0. The first-order valence-electron chi connectivity index (χ1n) is 9.20. The quantitative estimate of drug-likeness (QED) is 0.177. The summed E-state index contributed by atoms with van der Waals surface area (Å²) in [5.41, 5.74) is 13.1. The average molecular weight is 412 g/mol. The van der Waals surface area contributed by atoms with Crippen molar-refractivity contribution in [2.24, 2.45) is 34.3 Å². The molecule has 0 unspecified atom stereocenters. The van der Waals surface area contributed by atoms with Crippen molar-refractivity contribution in [1.29, 1.82) is 0 Å². The number of nitrogen functional groups attached to an aromatic ring is 1. The van der Waals surface area contributed by atoms with Gasteiger partial charge in [-0.25, -0.2) is 25.5 Å². The molecule has 10 N–H and O–H groups in total. The maximum atomic E-state index is 13.6. The molecule has 0 aliphatic rings. The normalized spacial score (nSPS) is 13.5. The van der Waals surface area contributed by atoms with Gasteiger partial charge >= 0.3 is 0 Å². The number of halogens is 2. The predicted molar refractivity (Wildman–Crippen MR) is 112 cm³/mol. The number of hydrazone groups is 1. The van der Waals surface area contributed by atoms with E-state index in [0.29, 0.717) is 23.7 Å². The molecule has 162 valence electrons. The molecule has 0 amide bonds. The van der Waals surface area contributed by atoms with Gasteiger partial charge in [-0.15, -0.1) is 0 Å². The molecular formula is C18H31F2N9. The van der Waals surface area contributed by atoms with Crippen LogP contribution in [0.25, 0.3) is 5.70 Å². The molecule has 0 aromatic carbocycles. The topological polar surface area (TPSA) is 162 Å². The number of hydrogen-bond donors (Lipinski definition) is 5. The molecule has 29 heavy (non-hydrogen) atoms. The number of rotatable bonds is 9. The molecule has 0 saturated carbocycles. The van der Waals surface area contributed by atoms with Gasteiger partial charge in [-0.2, -0.15) is 5.10 Å². The summed E-state index contributed by atoms with van der Waals surface area (Å²) in [6.45, 7) is 5.23. The smallest absolute Gasteiger partial charge is 0.173 e. The van der Waals surface area contributed by atoms with E-state index in [1.165, 1.54) is 11.2 Å². The summed E-state index contributed by atoms with van der Waals surface area (Å²) in [5.74, 6) is 15.6. The predicted octanol–water partition coefficient (Wildman–Crippen LogP) is 1.50. The van der Waals surface area contributed by atoms with E-state index in [-0.39, 0.29) is 17.2 Å². The molecule has 0 bridgehead atoms. The molecule has 0 fully saturated rings. The number of nitrogens with zero attached hydrogens (tertiary/aromatic N) is 4. The lowest BCUT2D eigenvalue weighted by Gasteiger charge is -2.22. The van der Waals surface area contributed by atoms with Crippen molar-refractivity contribution in [2.75, 3.05) is 18.8 Å². The summed E-state index contributed by atoms with van der Waals surface area (Å²) in [7, 11) is 0. The molecule has 0 aliphatic heterocycles. The minimum Gasteiger partial charge on any atom is -0.397 e. The van der Waals surface area contributed by atoms with E-state index in [9.17, 15) is 8.78 Å². The molecule has 11 heteroatoms. The van der Waals surface area contributed by atoms with Gasteiger partial charge in [0.2, 0.25) is 0 Å². The number of allylic oxidation sites excluding steroid dienone is 1. The van der Waals surface area contributed by atoms with Gasteiger partial charge in [0.05, 0.1) is 17.8 Å². The Labute approximate surface area is 169 Å². The molecular weight excluding hydrogens is 380 g/mol. The molecule has 0 atom stereocenters. The fraction of sp³-hybridized carbons (Fsp3) is 0.444. The van der Waals surface area contributed by atoms with Crippen LogP contribution in [-0.4, -0.2) is 33.9 Å². The Balaban J connectivity index is 3.16. The maximum Gasteiger partial charge on any atom is 0.173 e. The fourth-order valence-electron chi connectivity index (χ4n) is 2.60. The van der Waals surface area contributed by atoms with E-state index in [1.807, 2.05) is 0 Å². The summed E-state index contributed by atoms with van der Waals surface area (Å²) in [6, 6.07) is 1.55. The minimum absolute atomic E-state index is 0.0455. The van der Waals surface area contributed by atoms with Crippen molar-refractivity contribution in [3.63, 3.8) is 0 Å². The van der Waals surface area contributed by atoms with Crippen LogP contribution in [0.3, 0.4) is 0 Å². The summed E-state index contributed by atoms with van der Waals surface area (Å²) in [5, 5.41) is 5.89. The number of nitrogens with two attached hydrogens (primary N) is 5. The van der Waals surface area contributed by atoms with Gasteiger partial charge in [-0.3, -0.25) is 5.01 Å². The zero-order valence-corrected chi connectivity index (χ0v) is 17.1. The van der Waals surface area contributed by atoms with Gasteiger partial charge in [0.25, 0.3) is 0 Å². The second-order valence-corrected chi connectivity index (χ2v) is 6.64. The van der Waals surface area contributed by atoms with Crippen LogP contribution in [-0.2, 0) is 0 Å². The van der Waals surface area contributed by atoms with Crippen LogP contribution in [0.1, 0.15) is 44.7 Å². The monoisotopic (exact) mass is 411 g/mol. The Morgan fingerprint density at radius 2 is 1.90 bits per heavy atom. The number of hydrazine groups is 2. The third-order valence-electron chi connectivity index (χ3n) is 4.50. The Bertz CT molecular complexity index is 769. The van der Waals surface area contributed by atoms with Crippen LogP contribution in [0.2, 0.25) is 0 Å². The number of hydrogen-bond acceptors (Lipinski definition) is 8. The van der Waals surface area contributed by atoms with E-state index in [1.54, 1.807) is 12.3 Å². The third-order valence-corrected chi connectivity index (χ3v) is 4.50. The first-order chi connectivity index (χ1) is 13.6. The van der Waals surface area contributed by atoms with Crippen molar-refractivity contribution in [3.05, 3.63) is 41.2 Å². The first kappa shape index (κ1) is 24.1. The molecule has 0 spiro atoms. The van der Waals surface area contributed by atoms with E-state index >= 15 is 0 Å². The molecule has 1 heterocycles. The number of aromatic nitrogens is 1. The van der Waals surface area contributed by atoms with Gasteiger partial charge in [-0.1, -0.05) is 26.7 Å². The molecule has 1 rings (SSSR count). The Kier molecular flexibility index (Phi) is 9.29. The number of anilines is 1. The van der Waals surface area contributed by atoms with Gasteiger partial charge < -0.3 is 22.3 Å². The van der Waals surface area contributed by atoms with Crippen LogP contribution < -0.4 is 29.0 Å². The van der Waals surface area contributed by atoms with E-state index in [4.69, 9.17) is 29.0 Å². The Hall–Kier alpha value is -2.92. The molecule has 1 aromatic heterocycles. The highest BCUT2D eigenvalue weighted by molar-refractivity contribution is 6.02. The summed E-state index contributed by atoms with van der Waals surface area (Å²) < 4.78 is 26.6. The molecule has 9 nitrogen and oxygen atoms in total. The van der Waals surface area contributed by atoms with Crippen molar-refractivity contribution in [1.82, 2.24) is 15.0 Å². The third kappa shape index (κ3) is 6.88. The lowest BCUT2D eigenvalue weighted by Crippen LogP contribution is -2.40. The second-order valence-electron chi connectivity index (χ2n) is 6.64. The van der Waals surface area contributed by atoms with Crippen molar-refractivity contribution in [2.45, 2.75) is 33.6 Å². The fourth-order valence-corrected chi connectivity index (χ4v) is 2.60. The van der Waals surface area contributed by atoms with E-state index in [2.05, 4.69) is 23.9 Å². The van der Waals surface area contributed by atoms with Crippen LogP contribution in [0.4, 0.5) is 14.6 Å². The summed E-state index contributed by atoms with van der Waals surface area (Å²) in [6.07, 6.45) is 5.04. The molecule has 1 aromatic rings. The highest BCUT2D eigenvalue weighted by atomic mass is 19.2. The zero-order valence-electron chi connectivity index (χ0n) is 17.1. The van der Waals surface area contributed by atoms with Crippen LogP contribution in [0, 0.1) is 5.92 Å². The largest absolute Gasteiger partial charge is 0.397 e. The van der Waals surface area contributed by atoms with Gasteiger partial charge in [0.1, 0.15) is 11.6 Å². The summed E-state index contributed by atoms with van der Waals surface area (Å²) in [4.78, 5) is 4.07. The Morgan fingerprint density at radius 1 is 1.28 bits per heavy atom. The minimum atomic E-state index is -1.06. The second kappa shape index (κ2) is 11.2. The highest BCUT2D eigenvalue weighted by Crippen LogP contribution is 2.19. The molecule has 0 aliphatic carbocycles. The zero-order chi connectivity index (χ0) is 22.1. The van der Waals surface area contributed by atoms with Crippen molar-refractivity contribution >= 4 is 17.4 Å². The first-order valence-corrected chi connectivity index (χ1v) is 9.20. The number of amidine groups is 1.